The van der Waals surface area contributed by atoms with Crippen LogP contribution in [0.3, 0.4) is 0 Å². The van der Waals surface area contributed by atoms with Gasteiger partial charge in [0.15, 0.2) is 0 Å². The number of rotatable bonds is 8. The van der Waals surface area contributed by atoms with Crippen LogP contribution in [-0.2, 0) is 19.2 Å². The number of aliphatic carboxylic acids is 1. The van der Waals surface area contributed by atoms with Crippen LogP contribution in [0.1, 0.15) is 32.6 Å². The minimum atomic E-state index is -1.07. The van der Waals surface area contributed by atoms with E-state index < -0.39 is 12.0 Å². The Bertz CT molecular complexity index is 426. The Morgan fingerprint density at radius 1 is 1.20 bits per heavy atom. The summed E-state index contributed by atoms with van der Waals surface area (Å²) in [5.74, 6) is -1.99. The number of unbranched alkanes of at least 4 members (excludes halogenated alkanes) is 2. The molecule has 0 radical (unpaired) electrons. The van der Waals surface area contributed by atoms with E-state index >= 15 is 0 Å². The quantitative estimate of drug-likeness (QED) is 0.484. The predicted octanol–water partition coefficient (Wildman–Crippen LogP) is 0.0611. The van der Waals surface area contributed by atoms with Crippen molar-refractivity contribution in [2.24, 2.45) is 0 Å². The summed E-state index contributed by atoms with van der Waals surface area (Å²) in [5.41, 5.74) is 0. The van der Waals surface area contributed by atoms with E-state index in [0.29, 0.717) is 25.8 Å². The van der Waals surface area contributed by atoms with Gasteiger partial charge in [0.2, 0.25) is 5.91 Å². The molecule has 0 saturated heterocycles. The van der Waals surface area contributed by atoms with Crippen molar-refractivity contribution in [2.75, 3.05) is 6.54 Å². The van der Waals surface area contributed by atoms with Gasteiger partial charge >= 0.3 is 5.97 Å². The molecule has 0 aromatic heterocycles. The Hall–Kier alpha value is -2.18. The van der Waals surface area contributed by atoms with Crippen molar-refractivity contribution in [3.05, 3.63) is 12.2 Å². The molecule has 0 aliphatic carbocycles. The van der Waals surface area contributed by atoms with E-state index in [-0.39, 0.29) is 24.1 Å². The zero-order valence-electron chi connectivity index (χ0n) is 11.3. The monoisotopic (exact) mass is 282 g/mol. The molecule has 1 heterocycles. The van der Waals surface area contributed by atoms with Crippen molar-refractivity contribution in [1.29, 1.82) is 0 Å². The van der Waals surface area contributed by atoms with Crippen molar-refractivity contribution in [3.63, 3.8) is 0 Å². The number of imide groups is 1. The van der Waals surface area contributed by atoms with Gasteiger partial charge in [-0.25, -0.2) is 0 Å². The second kappa shape index (κ2) is 7.42. The van der Waals surface area contributed by atoms with E-state index in [4.69, 9.17) is 5.11 Å². The number of hydrogen-bond donors (Lipinski definition) is 2. The van der Waals surface area contributed by atoms with Crippen molar-refractivity contribution in [2.45, 2.75) is 38.6 Å². The lowest BCUT2D eigenvalue weighted by molar-refractivity contribution is -0.141. The maximum Gasteiger partial charge on any atom is 0.325 e. The number of nitrogens with zero attached hydrogens (tertiary/aromatic N) is 1. The first-order valence-electron chi connectivity index (χ1n) is 6.47. The maximum atomic E-state index is 11.4. The molecule has 3 amide bonds. The van der Waals surface area contributed by atoms with Gasteiger partial charge in [0.05, 0.1) is 0 Å². The summed E-state index contributed by atoms with van der Waals surface area (Å²) in [6.45, 7) is 1.75. The minimum absolute atomic E-state index is 0.234. The summed E-state index contributed by atoms with van der Waals surface area (Å²) in [5, 5.41) is 11.0. The Morgan fingerprint density at radius 3 is 2.35 bits per heavy atom. The highest BCUT2D eigenvalue weighted by molar-refractivity contribution is 6.12. The third-order valence-corrected chi connectivity index (χ3v) is 2.93. The fraction of sp³-hybridized carbons (Fsp3) is 0.538. The first-order chi connectivity index (χ1) is 9.41. The number of carboxylic acid groups (broad SMARTS) is 1. The number of amides is 3. The molecule has 0 fully saturated rings. The molecule has 7 heteroatoms. The Labute approximate surface area is 116 Å². The van der Waals surface area contributed by atoms with E-state index in [1.54, 1.807) is 0 Å². The average Bonchev–Trinajstić information content (AvgIpc) is 2.69. The average molecular weight is 282 g/mol. The topological polar surface area (TPSA) is 104 Å². The molecule has 1 aliphatic rings. The molecule has 7 nitrogen and oxygen atoms in total. The standard InChI is InChI=1S/C13H18N2O5/c1-9(13(19)20)14-10(16)5-3-2-4-8-15-11(17)6-7-12(15)18/h6-7,9H,2-5,8H2,1H3,(H,14,16)(H,19,20). The minimum Gasteiger partial charge on any atom is -0.480 e. The van der Waals surface area contributed by atoms with Gasteiger partial charge in [-0.15, -0.1) is 0 Å². The second-order valence-corrected chi connectivity index (χ2v) is 4.60. The molecule has 20 heavy (non-hydrogen) atoms. The second-order valence-electron chi connectivity index (χ2n) is 4.60. The smallest absolute Gasteiger partial charge is 0.325 e. The summed E-state index contributed by atoms with van der Waals surface area (Å²) < 4.78 is 0. The highest BCUT2D eigenvalue weighted by atomic mass is 16.4. The molecule has 0 saturated carbocycles. The lowest BCUT2D eigenvalue weighted by atomic mass is 10.1. The molecule has 2 N–H and O–H groups in total. The van der Waals surface area contributed by atoms with Crippen LogP contribution in [0.5, 0.6) is 0 Å². The highest BCUT2D eigenvalue weighted by Gasteiger charge is 2.22. The molecule has 1 rings (SSSR count). The maximum absolute atomic E-state index is 11.4. The van der Waals surface area contributed by atoms with Crippen LogP contribution >= 0.6 is 0 Å². The van der Waals surface area contributed by atoms with Crippen LogP contribution in [0.15, 0.2) is 12.2 Å². The SMILES string of the molecule is CC(NC(=O)CCCCCN1C(=O)C=CC1=O)C(=O)O. The lowest BCUT2D eigenvalue weighted by Crippen LogP contribution is -2.38. The first kappa shape index (κ1) is 15.9. The number of carbonyl (C=O) groups excluding carboxylic acids is 3. The highest BCUT2D eigenvalue weighted by Crippen LogP contribution is 2.07. The molecular weight excluding hydrogens is 264 g/mol. The molecule has 0 bridgehead atoms. The summed E-state index contributed by atoms with van der Waals surface area (Å²) >= 11 is 0. The van der Waals surface area contributed by atoms with Crippen LogP contribution in [0, 0.1) is 0 Å². The third-order valence-electron chi connectivity index (χ3n) is 2.93. The molecule has 1 atom stereocenters. The first-order valence-corrected chi connectivity index (χ1v) is 6.47. The zero-order chi connectivity index (χ0) is 15.1. The van der Waals surface area contributed by atoms with E-state index in [2.05, 4.69) is 5.32 Å². The lowest BCUT2D eigenvalue weighted by Gasteiger charge is -2.13. The summed E-state index contributed by atoms with van der Waals surface area (Å²) in [4.78, 5) is 45.5. The summed E-state index contributed by atoms with van der Waals surface area (Å²) in [6, 6.07) is -0.895. The van der Waals surface area contributed by atoms with Crippen molar-refractivity contribution in [1.82, 2.24) is 10.2 Å². The predicted molar refractivity (Wildman–Crippen MR) is 69.6 cm³/mol. The van der Waals surface area contributed by atoms with Gasteiger partial charge in [-0.1, -0.05) is 6.42 Å². The van der Waals surface area contributed by atoms with Crippen LogP contribution < -0.4 is 5.32 Å². The molecule has 0 aromatic rings. The van der Waals surface area contributed by atoms with E-state index in [9.17, 15) is 19.2 Å². The molecule has 1 unspecified atom stereocenters. The zero-order valence-corrected chi connectivity index (χ0v) is 11.3. The van der Waals surface area contributed by atoms with E-state index in [1.807, 2.05) is 0 Å². The Kier molecular flexibility index (Phi) is 5.89. The van der Waals surface area contributed by atoms with E-state index in [0.717, 1.165) is 4.90 Å². The van der Waals surface area contributed by atoms with Gasteiger partial charge < -0.3 is 10.4 Å². The molecule has 110 valence electrons. The van der Waals surface area contributed by atoms with Gasteiger partial charge in [0.1, 0.15) is 6.04 Å². The van der Waals surface area contributed by atoms with Crippen LogP contribution in [-0.4, -0.2) is 46.3 Å². The molecule has 1 aliphatic heterocycles. The van der Waals surface area contributed by atoms with Crippen molar-refractivity contribution >= 4 is 23.7 Å². The Morgan fingerprint density at radius 2 is 1.80 bits per heavy atom. The number of carboxylic acids is 1. The summed E-state index contributed by atoms with van der Waals surface area (Å²) in [7, 11) is 0. The fourth-order valence-corrected chi connectivity index (χ4v) is 1.76. The number of hydrogen-bond acceptors (Lipinski definition) is 4. The van der Waals surface area contributed by atoms with Crippen LogP contribution in [0.4, 0.5) is 0 Å². The van der Waals surface area contributed by atoms with Crippen LogP contribution in [0.2, 0.25) is 0 Å². The van der Waals surface area contributed by atoms with Crippen molar-refractivity contribution in [3.8, 4) is 0 Å². The normalized spacial score (nSPS) is 15.6. The molecular formula is C13H18N2O5. The van der Waals surface area contributed by atoms with E-state index in [1.165, 1.54) is 19.1 Å². The number of nitrogens with one attached hydrogen (secondary N) is 1. The van der Waals surface area contributed by atoms with Gasteiger partial charge in [0.25, 0.3) is 11.8 Å². The van der Waals surface area contributed by atoms with Gasteiger partial charge in [-0.05, 0) is 19.8 Å². The molecule has 0 aromatic carbocycles. The van der Waals surface area contributed by atoms with Gasteiger partial charge in [-0.3, -0.25) is 24.1 Å². The number of carbonyl (C=O) groups is 4. The Balaban J connectivity index is 2.10. The molecule has 0 spiro atoms. The third kappa shape index (κ3) is 4.83. The fourth-order valence-electron chi connectivity index (χ4n) is 1.76. The van der Waals surface area contributed by atoms with Crippen molar-refractivity contribution < 1.29 is 24.3 Å². The largest absolute Gasteiger partial charge is 0.480 e. The summed E-state index contributed by atoms with van der Waals surface area (Å²) in [6.07, 6.45) is 4.61. The van der Waals surface area contributed by atoms with Gasteiger partial charge in [-0.2, -0.15) is 0 Å². The van der Waals surface area contributed by atoms with Gasteiger partial charge in [0, 0.05) is 25.1 Å². The van der Waals surface area contributed by atoms with Crippen LogP contribution in [0.25, 0.3) is 0 Å².